The highest BCUT2D eigenvalue weighted by atomic mass is 32.2. The maximum Gasteiger partial charge on any atom is 0.240 e. The van der Waals surface area contributed by atoms with Gasteiger partial charge in [-0.05, 0) is 66.6 Å². The lowest BCUT2D eigenvalue weighted by molar-refractivity contribution is 0.575. The highest BCUT2D eigenvalue weighted by Crippen LogP contribution is 2.36. The van der Waals surface area contributed by atoms with E-state index in [-0.39, 0.29) is 17.3 Å². The van der Waals surface area contributed by atoms with Crippen molar-refractivity contribution >= 4 is 33.2 Å². The summed E-state index contributed by atoms with van der Waals surface area (Å²) in [6.07, 6.45) is 1.26. The molecule has 0 amide bonds. The van der Waals surface area contributed by atoms with Gasteiger partial charge in [-0.2, -0.15) is 15.5 Å². The maximum absolute atomic E-state index is 15.4. The Morgan fingerprint density at radius 3 is 2.00 bits per heavy atom. The number of nitriles is 2. The van der Waals surface area contributed by atoms with Gasteiger partial charge in [0, 0.05) is 18.0 Å². The number of sulfonamides is 1. The number of nitrogens with one attached hydrogen (secondary N) is 1. The summed E-state index contributed by atoms with van der Waals surface area (Å²) in [6.45, 7) is 1.35. The Hall–Kier alpha value is -4.87. The van der Waals surface area contributed by atoms with Crippen molar-refractivity contribution in [2.75, 3.05) is 15.4 Å². The molecular formula is C26H18F2N6O2S. The summed E-state index contributed by atoms with van der Waals surface area (Å²) in [5.74, 6) is -2.97. The van der Waals surface area contributed by atoms with Crippen LogP contribution in [0.25, 0.3) is 11.1 Å². The van der Waals surface area contributed by atoms with E-state index in [2.05, 4.69) is 15.3 Å². The highest BCUT2D eigenvalue weighted by molar-refractivity contribution is 7.93. The number of hydrogen-bond donors (Lipinski definition) is 1. The number of anilines is 4. The van der Waals surface area contributed by atoms with Gasteiger partial charge in [-0.3, -0.25) is 0 Å². The fourth-order valence-electron chi connectivity index (χ4n) is 3.47. The summed E-state index contributed by atoms with van der Waals surface area (Å²) in [4.78, 5) is 8.23. The first-order valence-corrected chi connectivity index (χ1v) is 12.5. The SMILES string of the molecule is CCS(=O)(=O)N(c1ccnc(Nc2ccc(C#N)cc2)n1)c1c(F)cc(-c2ccc(C#N)cc2)cc1F. The summed E-state index contributed by atoms with van der Waals surface area (Å²) in [5, 5.41) is 20.8. The Labute approximate surface area is 212 Å². The number of nitrogens with zero attached hydrogens (tertiary/aromatic N) is 5. The van der Waals surface area contributed by atoms with Crippen molar-refractivity contribution in [3.8, 4) is 23.3 Å². The fourth-order valence-corrected chi connectivity index (χ4v) is 4.57. The van der Waals surface area contributed by atoms with Crippen molar-refractivity contribution in [1.82, 2.24) is 9.97 Å². The Balaban J connectivity index is 1.77. The minimum atomic E-state index is -4.23. The van der Waals surface area contributed by atoms with E-state index in [1.807, 2.05) is 12.1 Å². The molecule has 4 rings (SSSR count). The Morgan fingerprint density at radius 1 is 0.892 bits per heavy atom. The Kier molecular flexibility index (Phi) is 7.09. The molecule has 0 saturated carbocycles. The minimum Gasteiger partial charge on any atom is -0.324 e. The molecular weight excluding hydrogens is 498 g/mol. The molecule has 3 aromatic carbocycles. The van der Waals surface area contributed by atoms with E-state index < -0.39 is 33.1 Å². The predicted octanol–water partition coefficient (Wildman–Crippen LogP) is 5.40. The third-order valence-electron chi connectivity index (χ3n) is 5.33. The van der Waals surface area contributed by atoms with Gasteiger partial charge in [0.25, 0.3) is 0 Å². The third kappa shape index (κ3) is 5.37. The van der Waals surface area contributed by atoms with E-state index in [9.17, 15) is 8.42 Å². The molecule has 0 spiro atoms. The highest BCUT2D eigenvalue weighted by Gasteiger charge is 2.30. The van der Waals surface area contributed by atoms with Gasteiger partial charge < -0.3 is 5.32 Å². The summed E-state index contributed by atoms with van der Waals surface area (Å²) in [7, 11) is -4.23. The molecule has 37 heavy (non-hydrogen) atoms. The van der Waals surface area contributed by atoms with Crippen LogP contribution in [0.4, 0.5) is 31.9 Å². The molecule has 1 aromatic heterocycles. The normalized spacial score (nSPS) is 10.8. The van der Waals surface area contributed by atoms with Crippen molar-refractivity contribution in [1.29, 1.82) is 10.5 Å². The van der Waals surface area contributed by atoms with Crippen molar-refractivity contribution in [2.45, 2.75) is 6.92 Å². The van der Waals surface area contributed by atoms with Crippen LogP contribution in [0.3, 0.4) is 0 Å². The second kappa shape index (κ2) is 10.4. The lowest BCUT2D eigenvalue weighted by Crippen LogP contribution is -2.30. The fraction of sp³-hybridized carbons (Fsp3) is 0.0769. The van der Waals surface area contributed by atoms with E-state index in [4.69, 9.17) is 10.5 Å². The zero-order chi connectivity index (χ0) is 26.6. The first kappa shape index (κ1) is 25.2. The second-order valence-corrected chi connectivity index (χ2v) is 9.80. The van der Waals surface area contributed by atoms with Crippen molar-refractivity contribution in [3.63, 3.8) is 0 Å². The Bertz CT molecular complexity index is 1620. The van der Waals surface area contributed by atoms with Crippen LogP contribution >= 0.6 is 0 Å². The summed E-state index contributed by atoms with van der Waals surface area (Å²) in [6, 6.07) is 19.7. The monoisotopic (exact) mass is 516 g/mol. The Morgan fingerprint density at radius 2 is 1.46 bits per heavy atom. The van der Waals surface area contributed by atoms with Crippen molar-refractivity contribution in [2.24, 2.45) is 0 Å². The van der Waals surface area contributed by atoms with E-state index in [1.165, 1.54) is 31.3 Å². The topological polar surface area (TPSA) is 123 Å². The van der Waals surface area contributed by atoms with Gasteiger partial charge >= 0.3 is 0 Å². The van der Waals surface area contributed by atoms with Crippen LogP contribution in [0.5, 0.6) is 0 Å². The molecule has 1 heterocycles. The average molecular weight is 517 g/mol. The third-order valence-corrected chi connectivity index (χ3v) is 6.98. The minimum absolute atomic E-state index is 0.0199. The molecule has 0 atom stereocenters. The molecule has 0 aliphatic heterocycles. The standard InChI is InChI=1S/C26H18F2N6O2S/c1-2-37(35,36)34(24-11-12-31-26(33-24)32-21-9-5-18(16-30)6-10-21)25-22(27)13-20(14-23(25)28)19-7-3-17(15-29)4-8-19/h3-14H,2H2,1H3,(H,31,32,33). The van der Waals surface area contributed by atoms with E-state index in [0.29, 0.717) is 26.7 Å². The lowest BCUT2D eigenvalue weighted by atomic mass is 10.0. The van der Waals surface area contributed by atoms with Gasteiger partial charge in [-0.25, -0.2) is 26.5 Å². The molecule has 0 unspecified atom stereocenters. The van der Waals surface area contributed by atoms with Gasteiger partial charge in [-0.15, -0.1) is 0 Å². The van der Waals surface area contributed by atoms with Gasteiger partial charge in [0.15, 0.2) is 17.5 Å². The summed E-state index contributed by atoms with van der Waals surface area (Å²) < 4.78 is 57.3. The van der Waals surface area contributed by atoms with Crippen LogP contribution < -0.4 is 9.62 Å². The average Bonchev–Trinajstić information content (AvgIpc) is 2.91. The van der Waals surface area contributed by atoms with Crippen LogP contribution in [-0.4, -0.2) is 24.1 Å². The largest absolute Gasteiger partial charge is 0.324 e. The van der Waals surface area contributed by atoms with Crippen LogP contribution in [0, 0.1) is 34.3 Å². The molecule has 0 fully saturated rings. The summed E-state index contributed by atoms with van der Waals surface area (Å²) >= 11 is 0. The second-order valence-electron chi connectivity index (χ2n) is 7.70. The molecule has 1 N–H and O–H groups in total. The van der Waals surface area contributed by atoms with Crippen LogP contribution in [0.2, 0.25) is 0 Å². The molecule has 0 aliphatic rings. The molecule has 0 aliphatic carbocycles. The zero-order valence-electron chi connectivity index (χ0n) is 19.4. The van der Waals surface area contributed by atoms with Gasteiger partial charge in [0.1, 0.15) is 5.69 Å². The predicted molar refractivity (Wildman–Crippen MR) is 135 cm³/mol. The van der Waals surface area contributed by atoms with E-state index in [1.54, 1.807) is 36.4 Å². The van der Waals surface area contributed by atoms with Crippen LogP contribution in [-0.2, 0) is 10.0 Å². The van der Waals surface area contributed by atoms with E-state index >= 15 is 8.78 Å². The molecule has 11 heteroatoms. The number of hydrogen-bond acceptors (Lipinski definition) is 7. The van der Waals surface area contributed by atoms with Gasteiger partial charge in [0.2, 0.25) is 16.0 Å². The maximum atomic E-state index is 15.4. The molecule has 4 aromatic rings. The first-order chi connectivity index (χ1) is 17.7. The zero-order valence-corrected chi connectivity index (χ0v) is 20.2. The number of aromatic nitrogens is 2. The first-order valence-electron chi connectivity index (χ1n) is 10.9. The number of benzene rings is 3. The lowest BCUT2D eigenvalue weighted by Gasteiger charge is -2.24. The molecule has 0 bridgehead atoms. The van der Waals surface area contributed by atoms with Gasteiger partial charge in [-0.1, -0.05) is 12.1 Å². The molecule has 8 nitrogen and oxygen atoms in total. The molecule has 0 saturated heterocycles. The van der Waals surface area contributed by atoms with Crippen LogP contribution in [0.15, 0.2) is 72.9 Å². The molecule has 0 radical (unpaired) electrons. The van der Waals surface area contributed by atoms with E-state index in [0.717, 1.165) is 12.1 Å². The quantitative estimate of drug-likeness (QED) is 0.349. The van der Waals surface area contributed by atoms with Crippen molar-refractivity contribution in [3.05, 3.63) is 95.7 Å². The number of rotatable bonds is 7. The molecule has 184 valence electrons. The van der Waals surface area contributed by atoms with Crippen molar-refractivity contribution < 1.29 is 17.2 Å². The van der Waals surface area contributed by atoms with Crippen LogP contribution in [0.1, 0.15) is 18.1 Å². The smallest absolute Gasteiger partial charge is 0.240 e. The van der Waals surface area contributed by atoms with Gasteiger partial charge in [0.05, 0.1) is 29.0 Å². The summed E-state index contributed by atoms with van der Waals surface area (Å²) in [5.41, 5.74) is 1.16. The number of halogens is 2.